The third-order valence-corrected chi connectivity index (χ3v) is 4.44. The third-order valence-electron chi connectivity index (χ3n) is 4.44. The average Bonchev–Trinajstić information content (AvgIpc) is 2.93. The van der Waals surface area contributed by atoms with Crippen LogP contribution >= 0.6 is 0 Å². The first-order valence-corrected chi connectivity index (χ1v) is 6.89. The van der Waals surface area contributed by atoms with E-state index in [0.29, 0.717) is 12.6 Å². The molecule has 1 heterocycles. The number of aliphatic hydroxyl groups excluding tert-OH is 1. The first-order valence-electron chi connectivity index (χ1n) is 6.89. The average molecular weight is 247 g/mol. The Bertz CT molecular complexity index is 415. The Morgan fingerprint density at radius 2 is 1.94 bits per heavy atom. The van der Waals surface area contributed by atoms with Gasteiger partial charge in [0.25, 0.3) is 0 Å². The van der Waals surface area contributed by atoms with E-state index in [1.54, 1.807) is 0 Å². The van der Waals surface area contributed by atoms with Gasteiger partial charge in [-0.25, -0.2) is 0 Å². The molecular weight excluding hydrogens is 226 g/mol. The summed E-state index contributed by atoms with van der Waals surface area (Å²) in [5, 5.41) is 10.5. The van der Waals surface area contributed by atoms with E-state index in [0.717, 1.165) is 11.3 Å². The van der Waals surface area contributed by atoms with Crippen molar-refractivity contribution >= 4 is 0 Å². The van der Waals surface area contributed by atoms with E-state index in [-0.39, 0.29) is 6.04 Å². The molecule has 18 heavy (non-hydrogen) atoms. The summed E-state index contributed by atoms with van der Waals surface area (Å²) in [6.45, 7) is 0.588. The summed E-state index contributed by atoms with van der Waals surface area (Å²) in [6, 6.07) is 8.51. The number of para-hydroxylation sites is 1. The number of nitrogens with zero attached hydrogens (tertiary/aromatic N) is 1. The highest BCUT2D eigenvalue weighted by atomic mass is 16.5. The number of fused-ring (bicyclic) bond motifs is 1. The van der Waals surface area contributed by atoms with Crippen LogP contribution in [0.1, 0.15) is 37.4 Å². The topological polar surface area (TPSA) is 32.7 Å². The third kappa shape index (κ3) is 2.02. The smallest absolute Gasteiger partial charge is 0.125 e. The maximum absolute atomic E-state index is 10.5. The molecule has 1 aromatic rings. The zero-order valence-corrected chi connectivity index (χ0v) is 10.9. The van der Waals surface area contributed by atoms with Crippen molar-refractivity contribution in [2.45, 2.75) is 43.9 Å². The van der Waals surface area contributed by atoms with E-state index in [4.69, 9.17) is 4.74 Å². The van der Waals surface area contributed by atoms with Crippen molar-refractivity contribution in [1.29, 1.82) is 0 Å². The zero-order chi connectivity index (χ0) is 12.5. The predicted molar refractivity (Wildman–Crippen MR) is 70.7 cm³/mol. The fourth-order valence-corrected chi connectivity index (χ4v) is 3.25. The van der Waals surface area contributed by atoms with E-state index < -0.39 is 6.10 Å². The van der Waals surface area contributed by atoms with Crippen LogP contribution in [0.25, 0.3) is 0 Å². The molecule has 0 amide bonds. The van der Waals surface area contributed by atoms with Gasteiger partial charge in [0.15, 0.2) is 0 Å². The molecule has 0 radical (unpaired) electrons. The van der Waals surface area contributed by atoms with Crippen molar-refractivity contribution in [2.75, 3.05) is 13.7 Å². The number of rotatable bonds is 2. The summed E-state index contributed by atoms with van der Waals surface area (Å²) in [5.41, 5.74) is 0.929. The molecule has 0 bridgehead atoms. The molecule has 2 atom stereocenters. The van der Waals surface area contributed by atoms with E-state index >= 15 is 0 Å². The number of benzene rings is 1. The Kier molecular flexibility index (Phi) is 3.27. The highest BCUT2D eigenvalue weighted by Gasteiger charge is 2.35. The fraction of sp³-hybridized carbons (Fsp3) is 0.600. The van der Waals surface area contributed by atoms with Crippen LogP contribution in [0, 0.1) is 0 Å². The SMILES string of the molecule is CN(C1CCCC1)C1COc2ccccc2C1O. The summed E-state index contributed by atoms with van der Waals surface area (Å²) >= 11 is 0. The van der Waals surface area contributed by atoms with E-state index in [1.807, 2.05) is 24.3 Å². The largest absolute Gasteiger partial charge is 0.491 e. The van der Waals surface area contributed by atoms with Crippen LogP contribution in [0.3, 0.4) is 0 Å². The summed E-state index contributed by atoms with van der Waals surface area (Å²) < 4.78 is 5.79. The molecule has 2 aliphatic rings. The number of hydrogen-bond acceptors (Lipinski definition) is 3. The van der Waals surface area contributed by atoms with Crippen LogP contribution in [0.2, 0.25) is 0 Å². The van der Waals surface area contributed by atoms with Gasteiger partial charge in [0.05, 0.1) is 6.04 Å². The van der Waals surface area contributed by atoms with Crippen molar-refractivity contribution in [3.05, 3.63) is 29.8 Å². The number of ether oxygens (including phenoxy) is 1. The Balaban J connectivity index is 1.79. The van der Waals surface area contributed by atoms with Crippen molar-refractivity contribution in [2.24, 2.45) is 0 Å². The summed E-state index contributed by atoms with van der Waals surface area (Å²) in [7, 11) is 2.13. The van der Waals surface area contributed by atoms with Crippen molar-refractivity contribution < 1.29 is 9.84 Å². The van der Waals surface area contributed by atoms with Crippen LogP contribution in [-0.2, 0) is 0 Å². The molecule has 1 N–H and O–H groups in total. The monoisotopic (exact) mass is 247 g/mol. The van der Waals surface area contributed by atoms with Crippen LogP contribution in [0.5, 0.6) is 5.75 Å². The number of aliphatic hydroxyl groups is 1. The van der Waals surface area contributed by atoms with Gasteiger partial charge in [-0.2, -0.15) is 0 Å². The Morgan fingerprint density at radius 3 is 2.72 bits per heavy atom. The van der Waals surface area contributed by atoms with Gasteiger partial charge in [-0.15, -0.1) is 0 Å². The molecule has 0 spiro atoms. The van der Waals surface area contributed by atoms with Gasteiger partial charge in [-0.3, -0.25) is 4.90 Å². The van der Waals surface area contributed by atoms with Gasteiger partial charge >= 0.3 is 0 Å². The first-order chi connectivity index (χ1) is 8.77. The van der Waals surface area contributed by atoms with Crippen LogP contribution in [0.4, 0.5) is 0 Å². The minimum Gasteiger partial charge on any atom is -0.491 e. The lowest BCUT2D eigenvalue weighted by molar-refractivity contribution is -0.00207. The second-order valence-electron chi connectivity index (χ2n) is 5.46. The van der Waals surface area contributed by atoms with Crippen LogP contribution < -0.4 is 4.74 Å². The minimum atomic E-state index is -0.430. The highest BCUT2D eigenvalue weighted by Crippen LogP contribution is 2.35. The molecule has 3 heteroatoms. The van der Waals surface area contributed by atoms with Gasteiger partial charge in [-0.05, 0) is 26.0 Å². The van der Waals surface area contributed by atoms with Gasteiger partial charge in [0, 0.05) is 11.6 Å². The molecule has 98 valence electrons. The Morgan fingerprint density at radius 1 is 1.22 bits per heavy atom. The maximum Gasteiger partial charge on any atom is 0.125 e. The molecule has 0 saturated heterocycles. The molecule has 0 aromatic heterocycles. The summed E-state index contributed by atoms with van der Waals surface area (Å²) in [6.07, 6.45) is 4.70. The van der Waals surface area contributed by atoms with Gasteiger partial charge in [0.2, 0.25) is 0 Å². The van der Waals surface area contributed by atoms with Crippen LogP contribution in [-0.4, -0.2) is 35.7 Å². The molecule has 1 aromatic carbocycles. The number of likely N-dealkylation sites (N-methyl/N-ethyl adjacent to an activating group) is 1. The molecule has 3 rings (SSSR count). The molecule has 3 nitrogen and oxygen atoms in total. The lowest BCUT2D eigenvalue weighted by Crippen LogP contribution is -2.47. The Labute approximate surface area is 108 Å². The quantitative estimate of drug-likeness (QED) is 0.870. The Hall–Kier alpha value is -1.06. The first kappa shape index (κ1) is 12.0. The predicted octanol–water partition coefficient (Wildman–Crippen LogP) is 2.36. The van der Waals surface area contributed by atoms with Gasteiger partial charge in [-0.1, -0.05) is 31.0 Å². The maximum atomic E-state index is 10.5. The van der Waals surface area contributed by atoms with Gasteiger partial charge < -0.3 is 9.84 Å². The molecule has 1 fully saturated rings. The summed E-state index contributed by atoms with van der Waals surface area (Å²) in [5.74, 6) is 0.834. The second kappa shape index (κ2) is 4.90. The fourth-order valence-electron chi connectivity index (χ4n) is 3.25. The molecule has 1 saturated carbocycles. The molecular formula is C15H21NO2. The summed E-state index contributed by atoms with van der Waals surface area (Å²) in [4.78, 5) is 2.33. The van der Waals surface area contributed by atoms with Crippen molar-refractivity contribution in [1.82, 2.24) is 4.90 Å². The highest BCUT2D eigenvalue weighted by molar-refractivity contribution is 5.37. The van der Waals surface area contributed by atoms with Crippen molar-refractivity contribution in [3.63, 3.8) is 0 Å². The lowest BCUT2D eigenvalue weighted by atomic mass is 9.97. The molecule has 1 aliphatic carbocycles. The zero-order valence-electron chi connectivity index (χ0n) is 10.9. The molecule has 1 aliphatic heterocycles. The van der Waals surface area contributed by atoms with Crippen molar-refractivity contribution in [3.8, 4) is 5.75 Å². The standard InChI is InChI=1S/C15H21NO2/c1-16(11-6-2-3-7-11)13-10-18-14-9-5-4-8-12(14)15(13)17/h4-5,8-9,11,13,15,17H,2-3,6-7,10H2,1H3. The van der Waals surface area contributed by atoms with Crippen LogP contribution in [0.15, 0.2) is 24.3 Å². The minimum absolute atomic E-state index is 0.0861. The lowest BCUT2D eigenvalue weighted by Gasteiger charge is -2.39. The normalized spacial score (nSPS) is 28.2. The van der Waals surface area contributed by atoms with E-state index in [2.05, 4.69) is 11.9 Å². The van der Waals surface area contributed by atoms with Gasteiger partial charge in [0.1, 0.15) is 18.5 Å². The molecule has 2 unspecified atom stereocenters. The van der Waals surface area contributed by atoms with E-state index in [9.17, 15) is 5.11 Å². The van der Waals surface area contributed by atoms with E-state index in [1.165, 1.54) is 25.7 Å². The number of hydrogen-bond donors (Lipinski definition) is 1. The second-order valence-corrected chi connectivity index (χ2v) is 5.46.